The Morgan fingerprint density at radius 1 is 0.410 bits per heavy atom. The van der Waals surface area contributed by atoms with Gasteiger partial charge in [0.05, 0.1) is 0 Å². The van der Waals surface area contributed by atoms with Gasteiger partial charge in [0, 0.05) is 36.8 Å². The lowest BCUT2D eigenvalue weighted by Gasteiger charge is -2.21. The van der Waals surface area contributed by atoms with E-state index in [1.54, 1.807) is 0 Å². The van der Waals surface area contributed by atoms with E-state index in [-0.39, 0.29) is 12.1 Å². The second kappa shape index (κ2) is 27.8. The lowest BCUT2D eigenvalue weighted by Crippen LogP contribution is -2.41. The fourth-order valence-electron chi connectivity index (χ4n) is 4.97. The Morgan fingerprint density at radius 2 is 0.923 bits per heavy atom. The van der Waals surface area contributed by atoms with Crippen molar-refractivity contribution in [3.63, 3.8) is 0 Å². The van der Waals surface area contributed by atoms with E-state index >= 15 is 0 Å². The topological polar surface area (TPSA) is 152 Å². The summed E-state index contributed by atoms with van der Waals surface area (Å²) in [6, 6.07) is 1.71. The molecule has 6 unspecified atom stereocenters. The molecule has 8 nitrogen and oxygen atoms in total. The Kier molecular flexibility index (Phi) is 27.6. The molecule has 0 amide bonds. The number of unbranched alkanes of at least 4 members (excludes halogenated alkanes) is 3. The van der Waals surface area contributed by atoms with Crippen LogP contribution in [-0.2, 0) is 0 Å². The van der Waals surface area contributed by atoms with Gasteiger partial charge in [0.1, 0.15) is 0 Å². The van der Waals surface area contributed by atoms with Gasteiger partial charge in [-0.25, -0.2) is 0 Å². The molecular formula is C31H72N8. The SMILES string of the molecule is CC(N)CCCCCCC(CNCCCNCC(CCCNCCC(C)N)CCCC(C)N)NCCC(C)N. The van der Waals surface area contributed by atoms with Gasteiger partial charge in [-0.2, -0.15) is 0 Å². The van der Waals surface area contributed by atoms with Gasteiger partial charge in [-0.1, -0.05) is 32.1 Å². The van der Waals surface area contributed by atoms with Crippen LogP contribution >= 0.6 is 0 Å². The highest BCUT2D eigenvalue weighted by molar-refractivity contribution is 4.72. The van der Waals surface area contributed by atoms with Crippen molar-refractivity contribution in [2.24, 2.45) is 28.9 Å². The van der Waals surface area contributed by atoms with Crippen molar-refractivity contribution >= 4 is 0 Å². The van der Waals surface area contributed by atoms with Crippen LogP contribution in [0.3, 0.4) is 0 Å². The minimum atomic E-state index is 0.259. The zero-order valence-corrected chi connectivity index (χ0v) is 26.6. The average Bonchev–Trinajstić information content (AvgIpc) is 2.85. The molecular weight excluding hydrogens is 484 g/mol. The van der Waals surface area contributed by atoms with Crippen molar-refractivity contribution in [2.45, 2.75) is 148 Å². The molecule has 0 rings (SSSR count). The molecule has 0 heterocycles. The van der Waals surface area contributed by atoms with Crippen LogP contribution in [0.1, 0.15) is 118 Å². The van der Waals surface area contributed by atoms with Crippen molar-refractivity contribution in [3.05, 3.63) is 0 Å². The summed E-state index contributed by atoms with van der Waals surface area (Å²) in [5.74, 6) is 0.735. The molecule has 0 aliphatic heterocycles. The molecule has 39 heavy (non-hydrogen) atoms. The lowest BCUT2D eigenvalue weighted by atomic mass is 9.95. The van der Waals surface area contributed by atoms with Crippen molar-refractivity contribution in [2.75, 3.05) is 45.8 Å². The molecule has 0 fully saturated rings. The van der Waals surface area contributed by atoms with E-state index in [4.69, 9.17) is 22.9 Å². The third kappa shape index (κ3) is 30.5. The molecule has 0 spiro atoms. The molecule has 6 atom stereocenters. The van der Waals surface area contributed by atoms with Gasteiger partial charge in [-0.05, 0) is 131 Å². The molecule has 12 N–H and O–H groups in total. The van der Waals surface area contributed by atoms with Crippen LogP contribution in [0, 0.1) is 5.92 Å². The first kappa shape index (κ1) is 38.7. The van der Waals surface area contributed by atoms with Gasteiger partial charge in [0.15, 0.2) is 0 Å². The number of hydrogen-bond donors (Lipinski definition) is 8. The molecule has 0 saturated carbocycles. The van der Waals surface area contributed by atoms with Crippen LogP contribution in [0.4, 0.5) is 0 Å². The molecule has 8 heteroatoms. The minimum absolute atomic E-state index is 0.259. The van der Waals surface area contributed by atoms with Gasteiger partial charge in [0.2, 0.25) is 0 Å². The first-order valence-corrected chi connectivity index (χ1v) is 16.6. The molecule has 0 aromatic rings. The van der Waals surface area contributed by atoms with Crippen molar-refractivity contribution in [1.82, 2.24) is 21.3 Å². The maximum Gasteiger partial charge on any atom is 0.0192 e. The molecule has 0 aliphatic rings. The molecule has 0 aromatic heterocycles. The van der Waals surface area contributed by atoms with Gasteiger partial charge in [0.25, 0.3) is 0 Å². The molecule has 0 bridgehead atoms. The average molecular weight is 557 g/mol. The van der Waals surface area contributed by atoms with Crippen LogP contribution in [0.15, 0.2) is 0 Å². The van der Waals surface area contributed by atoms with Crippen molar-refractivity contribution in [1.29, 1.82) is 0 Å². The molecule has 0 aromatic carbocycles. The van der Waals surface area contributed by atoms with Gasteiger partial charge < -0.3 is 44.2 Å². The lowest BCUT2D eigenvalue weighted by molar-refractivity contribution is 0.380. The number of rotatable bonds is 30. The van der Waals surface area contributed by atoms with E-state index < -0.39 is 0 Å². The predicted molar refractivity (Wildman–Crippen MR) is 173 cm³/mol. The first-order chi connectivity index (χ1) is 18.7. The Bertz CT molecular complexity index is 445. The summed E-state index contributed by atoms with van der Waals surface area (Å²) in [5, 5.41) is 14.7. The molecule has 0 radical (unpaired) electrons. The van der Waals surface area contributed by atoms with Crippen LogP contribution in [-0.4, -0.2) is 76.0 Å². The van der Waals surface area contributed by atoms with Crippen LogP contribution in [0.5, 0.6) is 0 Å². The summed E-state index contributed by atoms with van der Waals surface area (Å²) in [6.45, 7) is 15.8. The number of nitrogens with two attached hydrogens (primary N) is 4. The van der Waals surface area contributed by atoms with Crippen LogP contribution in [0.2, 0.25) is 0 Å². The Balaban J connectivity index is 4.15. The summed E-state index contributed by atoms with van der Waals surface area (Å²) in [5.41, 5.74) is 23.7. The van der Waals surface area contributed by atoms with Crippen molar-refractivity contribution in [3.8, 4) is 0 Å². The van der Waals surface area contributed by atoms with Crippen LogP contribution in [0.25, 0.3) is 0 Å². The van der Waals surface area contributed by atoms with E-state index in [9.17, 15) is 0 Å². The standard InChI is InChI=1S/C31H72N8/c1-26(32)12-7-5-6-8-16-31(39-23-18-29(4)35)25-38-21-11-20-37-24-30(14-9-13-27(2)33)15-10-19-36-22-17-28(3)34/h26-31,36-39H,5-25,32-35H2,1-4H3. The third-order valence-corrected chi connectivity index (χ3v) is 7.54. The van der Waals surface area contributed by atoms with Gasteiger partial charge in [-0.3, -0.25) is 0 Å². The summed E-state index contributed by atoms with van der Waals surface area (Å²) in [4.78, 5) is 0. The summed E-state index contributed by atoms with van der Waals surface area (Å²) >= 11 is 0. The highest BCUT2D eigenvalue weighted by Crippen LogP contribution is 2.15. The fraction of sp³-hybridized carbons (Fsp3) is 1.00. The van der Waals surface area contributed by atoms with E-state index in [1.165, 1.54) is 57.8 Å². The Labute approximate surface area is 243 Å². The van der Waals surface area contributed by atoms with E-state index in [1.807, 2.05) is 0 Å². The van der Waals surface area contributed by atoms with Gasteiger partial charge in [-0.15, -0.1) is 0 Å². The third-order valence-electron chi connectivity index (χ3n) is 7.54. The molecule has 0 saturated heterocycles. The molecule has 0 aliphatic carbocycles. The monoisotopic (exact) mass is 557 g/mol. The number of nitrogens with one attached hydrogen (secondary N) is 4. The van der Waals surface area contributed by atoms with Gasteiger partial charge >= 0.3 is 0 Å². The second-order valence-corrected chi connectivity index (χ2v) is 12.6. The zero-order chi connectivity index (χ0) is 29.1. The normalized spacial score (nSPS) is 16.6. The Hall–Kier alpha value is -0.320. The van der Waals surface area contributed by atoms with Crippen molar-refractivity contribution < 1.29 is 0 Å². The summed E-state index contributed by atoms with van der Waals surface area (Å²) in [6.07, 6.45) is 16.9. The Morgan fingerprint density at radius 3 is 1.56 bits per heavy atom. The number of hydrogen-bond acceptors (Lipinski definition) is 8. The quantitative estimate of drug-likeness (QED) is 0.0628. The maximum atomic E-state index is 5.99. The highest BCUT2D eigenvalue weighted by Gasteiger charge is 2.10. The fourth-order valence-corrected chi connectivity index (χ4v) is 4.97. The molecule has 236 valence electrons. The minimum Gasteiger partial charge on any atom is -0.328 e. The van der Waals surface area contributed by atoms with E-state index in [0.717, 1.165) is 83.8 Å². The smallest absolute Gasteiger partial charge is 0.0192 e. The van der Waals surface area contributed by atoms with E-state index in [0.29, 0.717) is 18.1 Å². The first-order valence-electron chi connectivity index (χ1n) is 16.6. The zero-order valence-electron chi connectivity index (χ0n) is 26.6. The maximum absolute atomic E-state index is 5.99. The predicted octanol–water partition coefficient (Wildman–Crippen LogP) is 3.18. The van der Waals surface area contributed by atoms with E-state index in [2.05, 4.69) is 49.0 Å². The highest BCUT2D eigenvalue weighted by atomic mass is 15.0. The summed E-state index contributed by atoms with van der Waals surface area (Å²) < 4.78 is 0. The van der Waals surface area contributed by atoms with Crippen LogP contribution < -0.4 is 44.2 Å². The summed E-state index contributed by atoms with van der Waals surface area (Å²) in [7, 11) is 0. The second-order valence-electron chi connectivity index (χ2n) is 12.6. The largest absolute Gasteiger partial charge is 0.328 e.